The van der Waals surface area contributed by atoms with Crippen LogP contribution in [-0.4, -0.2) is 42.8 Å². The van der Waals surface area contributed by atoms with Gasteiger partial charge >= 0.3 is 12.1 Å². The Morgan fingerprint density at radius 3 is 2.09 bits per heavy atom. The number of hydrogen-bond donors (Lipinski definition) is 3. The highest BCUT2D eigenvalue weighted by Gasteiger charge is 2.35. The molecular weight excluding hydrogens is 420 g/mol. The number of ether oxygens (including phenoxy) is 1. The van der Waals surface area contributed by atoms with Gasteiger partial charge in [-0.05, 0) is 35.1 Å². The highest BCUT2D eigenvalue weighted by Crippen LogP contribution is 2.44. The van der Waals surface area contributed by atoms with E-state index < -0.39 is 17.5 Å². The maximum atomic E-state index is 12.7. The van der Waals surface area contributed by atoms with Crippen molar-refractivity contribution in [2.75, 3.05) is 19.7 Å². The van der Waals surface area contributed by atoms with E-state index in [1.54, 1.807) is 0 Å². The van der Waals surface area contributed by atoms with Crippen LogP contribution < -0.4 is 10.6 Å². The molecule has 7 heteroatoms. The number of fused-ring (bicyclic) bond motifs is 3. The van der Waals surface area contributed by atoms with Crippen molar-refractivity contribution >= 4 is 18.0 Å². The Kier molecular flexibility index (Phi) is 7.73. The fourth-order valence-corrected chi connectivity index (χ4v) is 4.22. The molecule has 0 saturated heterocycles. The predicted octanol–water partition coefficient (Wildman–Crippen LogP) is 3.54. The number of amides is 2. The fraction of sp³-hybridized carbons (Fsp3) is 0.346. The third-order valence-electron chi connectivity index (χ3n) is 6.28. The van der Waals surface area contributed by atoms with Gasteiger partial charge in [-0.1, -0.05) is 68.3 Å². The zero-order chi connectivity index (χ0) is 23.8. The van der Waals surface area contributed by atoms with E-state index in [2.05, 4.69) is 40.8 Å². The largest absolute Gasteiger partial charge is 0.472 e. The molecule has 0 heterocycles. The van der Waals surface area contributed by atoms with Gasteiger partial charge in [0, 0.05) is 18.4 Å². The lowest BCUT2D eigenvalue weighted by molar-refractivity contribution is -0.131. The summed E-state index contributed by atoms with van der Waals surface area (Å²) >= 11 is 0. The quantitative estimate of drug-likeness (QED) is 0.536. The minimum absolute atomic E-state index is 0.0404. The minimum atomic E-state index is -1.25. The van der Waals surface area contributed by atoms with Gasteiger partial charge in [-0.2, -0.15) is 0 Å². The van der Waals surface area contributed by atoms with Crippen molar-refractivity contribution in [2.45, 2.75) is 32.6 Å². The Balaban J connectivity index is 1.59. The van der Waals surface area contributed by atoms with Crippen LogP contribution >= 0.6 is 0 Å². The molecule has 33 heavy (non-hydrogen) atoms. The zero-order valence-corrected chi connectivity index (χ0v) is 18.8. The average molecular weight is 449 g/mol. The van der Waals surface area contributed by atoms with Gasteiger partial charge in [0.1, 0.15) is 6.61 Å². The van der Waals surface area contributed by atoms with Gasteiger partial charge in [0.2, 0.25) is 5.91 Å². The molecule has 0 saturated carbocycles. The molecule has 3 N–H and O–H groups in total. The van der Waals surface area contributed by atoms with Crippen LogP contribution in [0.4, 0.5) is 4.79 Å². The molecule has 1 aliphatic carbocycles. The Morgan fingerprint density at radius 1 is 0.970 bits per heavy atom. The summed E-state index contributed by atoms with van der Waals surface area (Å²) in [4.78, 5) is 35.7. The van der Waals surface area contributed by atoms with Crippen LogP contribution in [0.5, 0.6) is 0 Å². The molecule has 2 aromatic carbocycles. The summed E-state index contributed by atoms with van der Waals surface area (Å²) in [6.07, 6.45) is 0.401. The van der Waals surface area contributed by atoms with Crippen molar-refractivity contribution < 1.29 is 24.2 Å². The lowest BCUT2D eigenvalue weighted by Crippen LogP contribution is -2.48. The molecule has 7 nitrogen and oxygen atoms in total. The minimum Gasteiger partial charge on any atom is -0.472 e. The second-order valence-corrected chi connectivity index (χ2v) is 7.96. The number of nitrogens with one attached hydrogen (secondary N) is 2. The Hall–Kier alpha value is -3.79. The second-order valence-electron chi connectivity index (χ2n) is 7.96. The van der Waals surface area contributed by atoms with Gasteiger partial charge in [0.25, 0.3) is 0 Å². The average Bonchev–Trinajstić information content (AvgIpc) is 3.15. The van der Waals surface area contributed by atoms with E-state index in [1.807, 2.05) is 44.0 Å². The van der Waals surface area contributed by atoms with Gasteiger partial charge in [0.05, 0.1) is 12.0 Å². The van der Waals surface area contributed by atoms with E-state index in [4.69, 9.17) is 9.84 Å². The summed E-state index contributed by atoms with van der Waals surface area (Å²) in [6, 6.07) is 16.2. The molecule has 172 valence electrons. The molecule has 0 aromatic heterocycles. The SMILES string of the molecule is CCC(CC)(CNC(=O)OCC1c2ccccc2-c2ccccc21)C(=O)NCC#CC(=O)O. The summed E-state index contributed by atoms with van der Waals surface area (Å²) in [6.45, 7) is 3.96. The third kappa shape index (κ3) is 5.35. The first kappa shape index (κ1) is 23.9. The van der Waals surface area contributed by atoms with Crippen LogP contribution in [0.15, 0.2) is 48.5 Å². The number of carbonyl (C=O) groups excluding carboxylic acids is 2. The van der Waals surface area contributed by atoms with Gasteiger partial charge in [0.15, 0.2) is 0 Å². The molecule has 2 amide bonds. The van der Waals surface area contributed by atoms with E-state index in [0.29, 0.717) is 12.8 Å². The molecule has 0 unspecified atom stereocenters. The van der Waals surface area contributed by atoms with E-state index in [9.17, 15) is 14.4 Å². The zero-order valence-electron chi connectivity index (χ0n) is 18.8. The molecule has 1 aliphatic rings. The van der Waals surface area contributed by atoms with Crippen molar-refractivity contribution in [3.05, 3.63) is 59.7 Å². The van der Waals surface area contributed by atoms with Gasteiger partial charge in [-0.15, -0.1) is 0 Å². The van der Waals surface area contributed by atoms with Gasteiger partial charge in [-0.25, -0.2) is 9.59 Å². The summed E-state index contributed by atoms with van der Waals surface area (Å²) in [5.74, 6) is 2.76. The van der Waals surface area contributed by atoms with E-state index in [-0.39, 0.29) is 31.5 Å². The van der Waals surface area contributed by atoms with Crippen LogP contribution in [0.1, 0.15) is 43.7 Å². The van der Waals surface area contributed by atoms with Crippen LogP contribution in [-0.2, 0) is 14.3 Å². The molecule has 2 aromatic rings. The molecular formula is C26H28N2O5. The lowest BCUT2D eigenvalue weighted by Gasteiger charge is -2.30. The van der Waals surface area contributed by atoms with E-state index in [1.165, 1.54) is 0 Å². The lowest BCUT2D eigenvalue weighted by atomic mass is 9.81. The smallest absolute Gasteiger partial charge is 0.407 e. The Bertz CT molecular complexity index is 1050. The van der Waals surface area contributed by atoms with Gasteiger partial charge < -0.3 is 20.5 Å². The van der Waals surface area contributed by atoms with Crippen molar-refractivity contribution in [1.82, 2.24) is 10.6 Å². The molecule has 0 atom stereocenters. The summed E-state index contributed by atoms with van der Waals surface area (Å²) in [5.41, 5.74) is 3.73. The molecule has 0 aliphatic heterocycles. The highest BCUT2D eigenvalue weighted by atomic mass is 16.5. The van der Waals surface area contributed by atoms with E-state index >= 15 is 0 Å². The summed E-state index contributed by atoms with van der Waals surface area (Å²) < 4.78 is 5.56. The summed E-state index contributed by atoms with van der Waals surface area (Å²) in [5, 5.41) is 13.9. The standard InChI is InChI=1S/C26H28N2O5/c1-3-26(4-2,24(31)27-15-9-14-23(29)30)17-28-25(32)33-16-22-20-12-7-5-10-18(20)19-11-6-8-13-21(19)22/h5-8,10-13,22H,3-4,15-17H2,1-2H3,(H,27,31)(H,28,32)(H,29,30). The third-order valence-corrected chi connectivity index (χ3v) is 6.28. The van der Waals surface area contributed by atoms with Crippen LogP contribution in [0, 0.1) is 17.3 Å². The van der Waals surface area contributed by atoms with Crippen molar-refractivity contribution in [2.24, 2.45) is 5.41 Å². The normalized spacial score (nSPS) is 12.1. The molecule has 0 bridgehead atoms. The molecule has 3 rings (SSSR count). The van der Waals surface area contributed by atoms with Crippen LogP contribution in [0.25, 0.3) is 11.1 Å². The van der Waals surface area contributed by atoms with Crippen LogP contribution in [0.3, 0.4) is 0 Å². The first-order valence-electron chi connectivity index (χ1n) is 11.0. The molecule has 0 spiro atoms. The Labute approximate surface area is 193 Å². The first-order valence-corrected chi connectivity index (χ1v) is 11.0. The Morgan fingerprint density at radius 2 is 1.55 bits per heavy atom. The topological polar surface area (TPSA) is 105 Å². The second kappa shape index (κ2) is 10.7. The number of alkyl carbamates (subject to hydrolysis) is 1. The highest BCUT2D eigenvalue weighted by molar-refractivity contribution is 5.87. The molecule has 0 fully saturated rings. The van der Waals surface area contributed by atoms with Crippen LogP contribution in [0.2, 0.25) is 0 Å². The number of carboxylic acids is 1. The van der Waals surface area contributed by atoms with Crippen molar-refractivity contribution in [1.29, 1.82) is 0 Å². The van der Waals surface area contributed by atoms with Crippen molar-refractivity contribution in [3.8, 4) is 23.0 Å². The number of carbonyl (C=O) groups is 3. The maximum Gasteiger partial charge on any atom is 0.407 e. The van der Waals surface area contributed by atoms with E-state index in [0.717, 1.165) is 22.3 Å². The first-order chi connectivity index (χ1) is 15.9. The predicted molar refractivity (Wildman–Crippen MR) is 125 cm³/mol. The number of hydrogen-bond acceptors (Lipinski definition) is 4. The number of carboxylic acid groups (broad SMARTS) is 1. The number of benzene rings is 2. The molecule has 0 radical (unpaired) electrons. The van der Waals surface area contributed by atoms with Crippen molar-refractivity contribution in [3.63, 3.8) is 0 Å². The van der Waals surface area contributed by atoms with Gasteiger partial charge in [-0.3, -0.25) is 4.79 Å². The number of aliphatic carboxylic acids is 1. The number of rotatable bonds is 8. The summed E-state index contributed by atoms with van der Waals surface area (Å²) in [7, 11) is 0. The maximum absolute atomic E-state index is 12.7. The monoisotopic (exact) mass is 448 g/mol. The fourth-order valence-electron chi connectivity index (χ4n) is 4.22.